The smallest absolute Gasteiger partial charge is 0.870 e. The summed E-state index contributed by atoms with van der Waals surface area (Å²) in [4.78, 5) is 113. The molecule has 646 valence electrons. The van der Waals surface area contributed by atoms with Crippen LogP contribution in [-0.4, -0.2) is 88.1 Å². The number of halogens is 2. The first-order valence-electron chi connectivity index (χ1n) is 39.3. The Morgan fingerprint density at radius 2 is 0.789 bits per heavy atom. The zero-order chi connectivity index (χ0) is 89.7. The van der Waals surface area contributed by atoms with Gasteiger partial charge in [0.25, 0.3) is 0 Å². The van der Waals surface area contributed by atoms with Crippen molar-refractivity contribution in [2.24, 2.45) is 5.73 Å². The van der Waals surface area contributed by atoms with Gasteiger partial charge in [0.15, 0.2) is 22.5 Å². The molecular formula is C100H84CuI2LiN8O16. The van der Waals surface area contributed by atoms with Gasteiger partial charge in [0.1, 0.15) is 5.75 Å². The molecule has 0 radical (unpaired) electrons. The van der Waals surface area contributed by atoms with Crippen molar-refractivity contribution in [3.63, 3.8) is 0 Å². The van der Waals surface area contributed by atoms with E-state index in [1.54, 1.807) is 142 Å². The first-order chi connectivity index (χ1) is 60.8. The average molecular weight is 1980 g/mol. The van der Waals surface area contributed by atoms with E-state index < -0.39 is 29.2 Å². The van der Waals surface area contributed by atoms with Gasteiger partial charge in [-0.05, 0) is 217 Å². The van der Waals surface area contributed by atoms with Crippen molar-refractivity contribution in [1.82, 2.24) is 33.6 Å². The van der Waals surface area contributed by atoms with Gasteiger partial charge in [-0.3, -0.25) is 29.5 Å². The predicted octanol–water partition coefficient (Wildman–Crippen LogP) is 17.7. The Balaban J connectivity index is 0.000000166. The molecule has 128 heavy (non-hydrogen) atoms. The number of ketones is 1. The summed E-state index contributed by atoms with van der Waals surface area (Å²) in [6.45, 7) is 11.9. The van der Waals surface area contributed by atoms with Crippen LogP contribution in [0.1, 0.15) is 113 Å². The number of hydrogen-bond acceptors (Lipinski definition) is 20. The van der Waals surface area contributed by atoms with Crippen molar-refractivity contribution >= 4 is 106 Å². The summed E-state index contributed by atoms with van der Waals surface area (Å²) < 4.78 is 35.9. The maximum Gasteiger partial charge on any atom is 1.00 e. The monoisotopic (exact) mass is 1980 g/mol. The zero-order valence-electron chi connectivity index (χ0n) is 70.8. The van der Waals surface area contributed by atoms with Gasteiger partial charge in [-0.25, -0.2) is 42.5 Å². The molecule has 0 spiro atoms. The van der Waals surface area contributed by atoms with Crippen LogP contribution in [0.2, 0.25) is 0 Å². The van der Waals surface area contributed by atoms with Crippen LogP contribution >= 0.6 is 42.9 Å². The maximum atomic E-state index is 13.4. The average Bonchev–Trinajstić information content (AvgIpc) is 1.60. The number of aromatic carboxylic acids is 1. The van der Waals surface area contributed by atoms with Crippen LogP contribution in [0.5, 0.6) is 5.75 Å². The number of ether oxygens (including phenoxy) is 3. The minimum Gasteiger partial charge on any atom is -0.870 e. The van der Waals surface area contributed by atoms with Gasteiger partial charge in [0.05, 0.1) is 82.3 Å². The van der Waals surface area contributed by atoms with Crippen molar-refractivity contribution in [2.75, 3.05) is 14.2 Å². The molecule has 0 amide bonds. The molecule has 0 fully saturated rings. The molecule has 2 unspecified atom stereocenters. The molecule has 12 aromatic carbocycles. The third-order valence-electron chi connectivity index (χ3n) is 20.0. The third-order valence-corrected chi connectivity index (χ3v) is 20.6. The van der Waals surface area contributed by atoms with Crippen molar-refractivity contribution < 1.29 is 93.6 Å². The number of methoxy groups -OCH3 is 2. The number of aryl methyl sites for hydroxylation is 4. The maximum absolute atomic E-state index is 13.4. The van der Waals surface area contributed by atoms with E-state index in [0.29, 0.717) is 79.2 Å². The number of para-hydroxylation sites is 7. The minimum absolute atomic E-state index is 0. The molecule has 6 heterocycles. The molecule has 4 N–H and O–H groups in total. The van der Waals surface area contributed by atoms with Crippen molar-refractivity contribution in [3.05, 3.63) is 401 Å². The molecule has 1 aliphatic heterocycles. The summed E-state index contributed by atoms with van der Waals surface area (Å²) in [7, 11) is 2.73. The van der Waals surface area contributed by atoms with Crippen LogP contribution < -0.4 is 46.6 Å². The van der Waals surface area contributed by atoms with Gasteiger partial charge in [0.2, 0.25) is 0 Å². The summed E-state index contributed by atoms with van der Waals surface area (Å²) in [6, 6.07) is 82.4. The second-order valence-corrected chi connectivity index (χ2v) is 30.4. The number of nitrogens with two attached hydrogens (primary N) is 1. The fourth-order valence-electron chi connectivity index (χ4n) is 13.5. The molecule has 2 atom stereocenters. The fraction of sp³-hybridized carbons (Fsp3) is 0.120. The number of hydrogen-bond donors (Lipinski definition) is 2. The van der Waals surface area contributed by atoms with E-state index in [0.717, 1.165) is 81.7 Å². The molecule has 0 bridgehead atoms. The molecule has 17 aromatic rings. The molecule has 0 saturated carbocycles. The van der Waals surface area contributed by atoms with E-state index in [9.17, 15) is 43.5 Å². The number of aromatic nitrogens is 7. The van der Waals surface area contributed by atoms with Gasteiger partial charge >= 0.3 is 93.1 Å². The summed E-state index contributed by atoms with van der Waals surface area (Å²) in [5.74, 6) is -2.94. The summed E-state index contributed by atoms with van der Waals surface area (Å²) in [5.41, 5.74) is 26.5. The van der Waals surface area contributed by atoms with E-state index in [1.807, 2.05) is 180 Å². The van der Waals surface area contributed by atoms with Crippen molar-refractivity contribution in [3.8, 4) is 67.3 Å². The first kappa shape index (κ1) is 96.9. The Kier molecular flexibility index (Phi) is 34.6. The standard InChI is InChI=1S/C28H23N3O3.C22H17NO4.C21H15NO4.C15H13IO2.C8H6O2.C6H9N3.Cu.HI.Li.H2O/c1-18-7-9-20(10-8-18)21-14-22(26(32)13-19(2)24-17-29-11-12-30-24)16-23(15-21)31-25-5-3-4-6-27(25)34-28(31)33;1-14-7-9-15(10-8-14)16-11-17(21(24)26-2)13-18(12-16)23-19-5-3-4-6-20(19)27-22(23)25;1-13-6-8-14(9-7-13)15-10-16(20(23)24)12-17(11-15)22-18-4-2-3-5-19(18)26-21(22)25;1-10-3-5-11(6-4-10)12-7-13(15(17)18-2)9-14(16)8-12;9-8-5-6-3-1-2-4-7(6)10-8;1-5(7)6-4-8-2-3-9-6;;;;/h3-12,14-17,19H,13H2,1-2H3;3-13H,1-2H3;2-12H,1H3,(H,23,24);3-9H,1-2H3;1-4H,5H2;2-5H,7H2,1H3;;1H;;1H2/q;;;;;;+1;;+1;/p-2. The number of Topliss-reactive ketones (excluding diaryl/α,β-unsaturated/α-hetero) is 1. The number of oxazole rings is 3. The molecule has 1 aliphatic rings. The van der Waals surface area contributed by atoms with E-state index in [4.69, 9.17) is 33.2 Å². The molecule has 24 nitrogen and oxygen atoms in total. The molecular weight excluding hydrogens is 1890 g/mol. The van der Waals surface area contributed by atoms with Gasteiger partial charge < -0.3 is 43.8 Å². The van der Waals surface area contributed by atoms with E-state index in [1.165, 1.54) is 39.6 Å². The largest absolute Gasteiger partial charge is 1.00 e. The van der Waals surface area contributed by atoms with Crippen LogP contribution in [0, 0.1) is 31.3 Å². The number of carbonyl (C=O) groups excluding carboxylic acids is 4. The van der Waals surface area contributed by atoms with Gasteiger partial charge in [-0.2, -0.15) is 0 Å². The van der Waals surface area contributed by atoms with Crippen LogP contribution in [0.3, 0.4) is 0 Å². The number of nitrogens with zero attached hydrogens (tertiary/aromatic N) is 7. The third kappa shape index (κ3) is 24.7. The molecule has 18 rings (SSSR count). The van der Waals surface area contributed by atoms with Crippen LogP contribution in [-0.2, 0) is 33.5 Å². The van der Waals surface area contributed by atoms with Gasteiger partial charge in [-0.15, -0.1) is 0 Å². The number of benzene rings is 12. The van der Waals surface area contributed by atoms with E-state index in [2.05, 4.69) is 92.5 Å². The Bertz CT molecular complexity index is 6920. The van der Waals surface area contributed by atoms with Crippen molar-refractivity contribution in [2.45, 2.75) is 66.3 Å². The number of esters is 3. The predicted molar refractivity (Wildman–Crippen MR) is 501 cm³/mol. The quantitative estimate of drug-likeness (QED) is 0.0316. The Labute approximate surface area is 781 Å². The molecule has 28 heteroatoms. The summed E-state index contributed by atoms with van der Waals surface area (Å²) >= 11 is 8.08. The Hall–Kier alpha value is -13.3. The van der Waals surface area contributed by atoms with Gasteiger partial charge in [0, 0.05) is 70.3 Å². The van der Waals surface area contributed by atoms with Crippen LogP contribution in [0.4, 0.5) is 0 Å². The zero-order valence-corrected chi connectivity index (χ0v) is 76.1. The second kappa shape index (κ2) is 45.7. The van der Waals surface area contributed by atoms with Crippen molar-refractivity contribution in [1.29, 1.82) is 0 Å². The minimum atomic E-state index is -1.05. The summed E-state index contributed by atoms with van der Waals surface area (Å²) in [5, 5.41) is 9.49. The Morgan fingerprint density at radius 3 is 1.16 bits per heavy atom. The fourth-order valence-corrected chi connectivity index (χ4v) is 14.2. The number of carbonyl (C=O) groups is 5. The molecule has 0 aliphatic carbocycles. The normalized spacial score (nSPS) is 11.3. The summed E-state index contributed by atoms with van der Waals surface area (Å²) in [6.07, 6.45) is 10.6. The Morgan fingerprint density at radius 1 is 0.445 bits per heavy atom. The van der Waals surface area contributed by atoms with E-state index >= 15 is 0 Å². The number of rotatable bonds is 15. The molecule has 0 saturated heterocycles. The topological polar surface area (TPSA) is 346 Å². The number of carboxylic acids is 1. The number of fused-ring (bicyclic) bond motifs is 4. The van der Waals surface area contributed by atoms with Gasteiger partial charge in [-0.1, -0.05) is 181 Å². The van der Waals surface area contributed by atoms with Crippen LogP contribution in [0.25, 0.3) is 94.9 Å². The number of carboxylic acid groups (broad SMARTS) is 1. The molecule has 5 aromatic heterocycles. The first-order valence-corrected chi connectivity index (χ1v) is 43.4. The second-order valence-electron chi connectivity index (χ2n) is 29.1. The van der Waals surface area contributed by atoms with Crippen LogP contribution in [0.15, 0.2) is 332 Å². The van der Waals surface area contributed by atoms with E-state index in [-0.39, 0.29) is 66.0 Å². The SMILES string of the molecule is CC(N)c1cnccn1.COC(=O)c1cc(-c2ccc(C)cc2)cc(-n2c(=O)oc3ccccc32)c1.COC(=O)c1cc(I)cc(-c2ccc(C)cc2)c1.Cc1ccc(-c2cc(C(=O)CC(C)c3cnccn3)cc(-n3c(=O)oc4ccccc43)c2)cc1.Cc1ccc(-c2cc(C(=O)O)cc(-n3c(=O)oc4ccccc43)c2)cc1.O=C1Cc2ccccc2O1.[Cu][I].[Li+].[OH-].